The van der Waals surface area contributed by atoms with E-state index in [0.717, 1.165) is 9.48 Å². The Kier molecular flexibility index (Phi) is 3.93. The molecule has 3 nitrogen and oxygen atoms in total. The number of hydrogen-bond donors (Lipinski definition) is 0. The monoisotopic (exact) mass is 334 g/mol. The Morgan fingerprint density at radius 3 is 2.42 bits per heavy atom. The molecule has 0 saturated heterocycles. The van der Waals surface area contributed by atoms with Crippen molar-refractivity contribution in [3.63, 3.8) is 0 Å². The van der Waals surface area contributed by atoms with Crippen LogP contribution in [0.4, 0.5) is 18.9 Å². The highest BCUT2D eigenvalue weighted by Gasteiger charge is 2.32. The largest absolute Gasteiger partial charge is 0.394 e. The Morgan fingerprint density at radius 1 is 1.21 bits per heavy atom. The minimum absolute atomic E-state index is 0.0185. The van der Waals surface area contributed by atoms with Crippen LogP contribution in [0.5, 0.6) is 0 Å². The van der Waals surface area contributed by atoms with Crippen molar-refractivity contribution in [3.8, 4) is 0 Å². The van der Waals surface area contributed by atoms with Crippen LogP contribution in [0.2, 0.25) is 0 Å². The van der Waals surface area contributed by atoms with E-state index in [-0.39, 0.29) is 24.5 Å². The van der Waals surface area contributed by atoms with Crippen LogP contribution in [0, 0.1) is 0 Å². The fourth-order valence-electron chi connectivity index (χ4n) is 1.74. The second-order valence-electron chi connectivity index (χ2n) is 4.14. The van der Waals surface area contributed by atoms with Gasteiger partial charge in [-0.2, -0.15) is 18.3 Å². The lowest BCUT2D eigenvalue weighted by Crippen LogP contribution is -2.33. The third kappa shape index (κ3) is 3.79. The Labute approximate surface area is 116 Å². The molecule has 1 aromatic rings. The van der Waals surface area contributed by atoms with Crippen LogP contribution in [0.1, 0.15) is 19.3 Å². The van der Waals surface area contributed by atoms with Gasteiger partial charge in [0.2, 0.25) is 5.91 Å². The van der Waals surface area contributed by atoms with E-state index in [2.05, 4.69) is 21.0 Å². The number of benzene rings is 1. The van der Waals surface area contributed by atoms with E-state index in [0.29, 0.717) is 5.69 Å². The molecule has 7 heteroatoms. The fraction of sp³-hybridized carbons (Fsp3) is 0.333. The first-order valence-electron chi connectivity index (χ1n) is 5.57. The SMILES string of the molecule is O=C1CCC(CC(F)(F)F)=NN1c1ccc(Br)cc1. The smallest absolute Gasteiger partial charge is 0.273 e. The third-order valence-corrected chi connectivity index (χ3v) is 3.11. The molecule has 0 saturated carbocycles. The molecule has 0 bridgehead atoms. The van der Waals surface area contributed by atoms with Crippen LogP contribution in [0.15, 0.2) is 33.8 Å². The number of rotatable bonds is 2. The van der Waals surface area contributed by atoms with Crippen molar-refractivity contribution >= 4 is 33.2 Å². The van der Waals surface area contributed by atoms with Crippen LogP contribution < -0.4 is 5.01 Å². The Balaban J connectivity index is 2.24. The van der Waals surface area contributed by atoms with Crippen molar-refractivity contribution in [3.05, 3.63) is 28.7 Å². The number of nitrogens with zero attached hydrogens (tertiary/aromatic N) is 2. The normalized spacial score (nSPS) is 16.5. The maximum absolute atomic E-state index is 12.3. The van der Waals surface area contributed by atoms with Crippen molar-refractivity contribution in [1.29, 1.82) is 0 Å². The zero-order valence-corrected chi connectivity index (χ0v) is 11.3. The average molecular weight is 335 g/mol. The molecule has 0 radical (unpaired) electrons. The van der Waals surface area contributed by atoms with Gasteiger partial charge in [-0.15, -0.1) is 0 Å². The molecule has 1 aliphatic heterocycles. The highest BCUT2D eigenvalue weighted by molar-refractivity contribution is 9.10. The fourth-order valence-corrected chi connectivity index (χ4v) is 2.01. The van der Waals surface area contributed by atoms with E-state index < -0.39 is 12.6 Å². The van der Waals surface area contributed by atoms with Crippen LogP contribution in [0.3, 0.4) is 0 Å². The number of hydrogen-bond acceptors (Lipinski definition) is 2. The van der Waals surface area contributed by atoms with Crippen molar-refractivity contribution in [2.75, 3.05) is 5.01 Å². The van der Waals surface area contributed by atoms with E-state index in [4.69, 9.17) is 0 Å². The summed E-state index contributed by atoms with van der Waals surface area (Å²) in [5, 5.41) is 4.85. The maximum atomic E-state index is 12.3. The van der Waals surface area contributed by atoms with Crippen molar-refractivity contribution in [2.24, 2.45) is 5.10 Å². The number of amides is 1. The predicted molar refractivity (Wildman–Crippen MR) is 69.0 cm³/mol. The number of hydrazone groups is 1. The first-order valence-corrected chi connectivity index (χ1v) is 6.36. The second-order valence-corrected chi connectivity index (χ2v) is 5.06. The van der Waals surface area contributed by atoms with E-state index >= 15 is 0 Å². The van der Waals surface area contributed by atoms with Gasteiger partial charge in [0.05, 0.1) is 12.1 Å². The van der Waals surface area contributed by atoms with Gasteiger partial charge in [-0.3, -0.25) is 4.79 Å². The lowest BCUT2D eigenvalue weighted by atomic mass is 10.1. The van der Waals surface area contributed by atoms with Gasteiger partial charge in [0, 0.05) is 16.6 Å². The van der Waals surface area contributed by atoms with Gasteiger partial charge >= 0.3 is 6.18 Å². The lowest BCUT2D eigenvalue weighted by molar-refractivity contribution is -0.123. The highest BCUT2D eigenvalue weighted by Crippen LogP contribution is 2.27. The Morgan fingerprint density at radius 2 is 1.84 bits per heavy atom. The number of carbonyl (C=O) groups excluding carboxylic acids is 1. The molecule has 1 amide bonds. The molecule has 1 heterocycles. The highest BCUT2D eigenvalue weighted by atomic mass is 79.9. The Bertz CT molecular complexity index is 511. The molecule has 0 spiro atoms. The summed E-state index contributed by atoms with van der Waals surface area (Å²) in [6, 6.07) is 6.66. The molecule has 0 fully saturated rings. The molecule has 0 aliphatic carbocycles. The van der Waals surface area contributed by atoms with Crippen LogP contribution in [-0.4, -0.2) is 17.8 Å². The molecule has 0 unspecified atom stereocenters. The van der Waals surface area contributed by atoms with E-state index in [1.54, 1.807) is 24.3 Å². The lowest BCUT2D eigenvalue weighted by Gasteiger charge is -2.24. The molecule has 0 aromatic heterocycles. The maximum Gasteiger partial charge on any atom is 0.394 e. The summed E-state index contributed by atoms with van der Waals surface area (Å²) in [4.78, 5) is 11.7. The molecular formula is C12H10BrF3N2O. The summed E-state index contributed by atoms with van der Waals surface area (Å²) in [6.07, 6.45) is -5.27. The summed E-state index contributed by atoms with van der Waals surface area (Å²) in [5.74, 6) is -0.298. The topological polar surface area (TPSA) is 32.7 Å². The quantitative estimate of drug-likeness (QED) is 0.807. The van der Waals surface area contributed by atoms with E-state index in [9.17, 15) is 18.0 Å². The molecule has 0 N–H and O–H groups in total. The summed E-state index contributed by atoms with van der Waals surface area (Å²) < 4.78 is 37.8. The molecule has 1 aliphatic rings. The van der Waals surface area contributed by atoms with Crippen LogP contribution in [0.25, 0.3) is 0 Å². The van der Waals surface area contributed by atoms with Gasteiger partial charge in [0.25, 0.3) is 0 Å². The summed E-state index contributed by atoms with van der Waals surface area (Å²) in [5.41, 5.74) is 0.447. The van der Waals surface area contributed by atoms with Gasteiger partial charge in [-0.05, 0) is 30.7 Å². The van der Waals surface area contributed by atoms with Crippen molar-refractivity contribution < 1.29 is 18.0 Å². The third-order valence-electron chi connectivity index (χ3n) is 2.58. The zero-order valence-electron chi connectivity index (χ0n) is 9.75. The van der Waals surface area contributed by atoms with Crippen molar-refractivity contribution in [1.82, 2.24) is 0 Å². The van der Waals surface area contributed by atoms with E-state index in [1.807, 2.05) is 0 Å². The molecule has 0 atom stereocenters. The number of alkyl halides is 3. The summed E-state index contributed by atoms with van der Waals surface area (Å²) >= 11 is 3.25. The zero-order chi connectivity index (χ0) is 14.0. The van der Waals surface area contributed by atoms with Crippen LogP contribution >= 0.6 is 15.9 Å². The average Bonchev–Trinajstić information content (AvgIpc) is 2.31. The first kappa shape index (κ1) is 14.0. The van der Waals surface area contributed by atoms with Gasteiger partial charge in [-0.1, -0.05) is 15.9 Å². The second kappa shape index (κ2) is 5.32. The summed E-state index contributed by atoms with van der Waals surface area (Å²) in [6.45, 7) is 0. The number of anilines is 1. The minimum atomic E-state index is -4.30. The van der Waals surface area contributed by atoms with Gasteiger partial charge in [-0.25, -0.2) is 5.01 Å². The Hall–Kier alpha value is -1.37. The minimum Gasteiger partial charge on any atom is -0.273 e. The molecule has 2 rings (SSSR count). The van der Waals surface area contributed by atoms with Gasteiger partial charge in [0.1, 0.15) is 0 Å². The van der Waals surface area contributed by atoms with Gasteiger partial charge < -0.3 is 0 Å². The van der Waals surface area contributed by atoms with Gasteiger partial charge in [0.15, 0.2) is 0 Å². The first-order chi connectivity index (χ1) is 8.85. The predicted octanol–water partition coefficient (Wildman–Crippen LogP) is 3.88. The van der Waals surface area contributed by atoms with Crippen LogP contribution in [-0.2, 0) is 4.79 Å². The molecule has 19 heavy (non-hydrogen) atoms. The standard InChI is InChI=1S/C12H10BrF3N2O/c13-8-1-4-10(5-2-8)18-11(19)6-3-9(17-18)7-12(14,15)16/h1-2,4-5H,3,6-7H2. The number of carbonyl (C=O) groups is 1. The number of halogens is 4. The summed E-state index contributed by atoms with van der Waals surface area (Å²) in [7, 11) is 0. The van der Waals surface area contributed by atoms with Crippen molar-refractivity contribution in [2.45, 2.75) is 25.4 Å². The molecular weight excluding hydrogens is 325 g/mol. The molecule has 102 valence electrons. The van der Waals surface area contributed by atoms with E-state index in [1.165, 1.54) is 0 Å². The molecule has 1 aromatic carbocycles.